The van der Waals surface area contributed by atoms with Crippen LogP contribution in [0, 0.1) is 6.92 Å². The maximum Gasteiger partial charge on any atom is 0.264 e. The second-order valence-electron chi connectivity index (χ2n) is 8.60. The molecule has 1 aliphatic heterocycles. The molecule has 1 atom stereocenters. The van der Waals surface area contributed by atoms with Gasteiger partial charge in [0.15, 0.2) is 0 Å². The van der Waals surface area contributed by atoms with Gasteiger partial charge in [0.1, 0.15) is 6.54 Å². The number of carbonyl (C=O) groups excluding carboxylic acids is 2. The third-order valence-electron chi connectivity index (χ3n) is 5.87. The van der Waals surface area contributed by atoms with Crippen molar-refractivity contribution in [2.24, 2.45) is 0 Å². The van der Waals surface area contributed by atoms with Gasteiger partial charge in [-0.3, -0.25) is 13.9 Å². The molecule has 0 saturated carbocycles. The van der Waals surface area contributed by atoms with Crippen molar-refractivity contribution in [2.75, 3.05) is 29.3 Å². The van der Waals surface area contributed by atoms with Crippen molar-refractivity contribution in [1.82, 2.24) is 5.32 Å². The summed E-state index contributed by atoms with van der Waals surface area (Å²) in [6, 6.07) is 21.5. The van der Waals surface area contributed by atoms with Crippen molar-refractivity contribution in [1.29, 1.82) is 0 Å². The topological polar surface area (TPSA) is 105 Å². The maximum absolute atomic E-state index is 13.5. The molecule has 0 aliphatic carbocycles. The molecule has 8 nitrogen and oxygen atoms in total. The van der Waals surface area contributed by atoms with Crippen molar-refractivity contribution in [3.8, 4) is 0 Å². The smallest absolute Gasteiger partial charge is 0.264 e. The van der Waals surface area contributed by atoms with Crippen LogP contribution in [0.25, 0.3) is 0 Å². The van der Waals surface area contributed by atoms with Gasteiger partial charge in [-0.15, -0.1) is 0 Å². The van der Waals surface area contributed by atoms with E-state index >= 15 is 0 Å². The highest BCUT2D eigenvalue weighted by molar-refractivity contribution is 7.92. The van der Waals surface area contributed by atoms with Gasteiger partial charge in [-0.2, -0.15) is 0 Å². The van der Waals surface area contributed by atoms with Crippen LogP contribution in [-0.2, 0) is 19.6 Å². The number of carbonyl (C=O) groups is 2. The van der Waals surface area contributed by atoms with Gasteiger partial charge in [0.05, 0.1) is 27.9 Å². The Labute approximate surface area is 211 Å². The van der Waals surface area contributed by atoms with Crippen LogP contribution in [0.5, 0.6) is 0 Å². The largest absolute Gasteiger partial charge is 0.376 e. The number of anilines is 2. The molecule has 0 aromatic heterocycles. The van der Waals surface area contributed by atoms with Crippen molar-refractivity contribution in [3.63, 3.8) is 0 Å². The molecular formula is C27H29N3O5S. The Morgan fingerprint density at radius 2 is 1.75 bits per heavy atom. The molecule has 1 saturated heterocycles. The quantitative estimate of drug-likeness (QED) is 0.459. The van der Waals surface area contributed by atoms with Gasteiger partial charge in [-0.05, 0) is 61.7 Å². The van der Waals surface area contributed by atoms with E-state index < -0.39 is 22.5 Å². The molecule has 0 spiro atoms. The van der Waals surface area contributed by atoms with Crippen molar-refractivity contribution < 1.29 is 22.7 Å². The zero-order valence-electron chi connectivity index (χ0n) is 20.0. The van der Waals surface area contributed by atoms with Crippen LogP contribution in [0.4, 0.5) is 11.4 Å². The fourth-order valence-electron chi connectivity index (χ4n) is 4.04. The first kappa shape index (κ1) is 25.4. The molecule has 3 aromatic rings. The van der Waals surface area contributed by atoms with E-state index in [-0.39, 0.29) is 22.5 Å². The summed E-state index contributed by atoms with van der Waals surface area (Å²) in [4.78, 5) is 26.0. The second kappa shape index (κ2) is 11.4. The minimum Gasteiger partial charge on any atom is -0.376 e. The fraction of sp³-hybridized carbons (Fsp3) is 0.259. The first-order valence-corrected chi connectivity index (χ1v) is 13.2. The highest BCUT2D eigenvalue weighted by Crippen LogP contribution is 2.25. The summed E-state index contributed by atoms with van der Waals surface area (Å²) >= 11 is 0. The molecule has 3 aromatic carbocycles. The van der Waals surface area contributed by atoms with Crippen LogP contribution in [-0.4, -0.2) is 46.0 Å². The Morgan fingerprint density at radius 3 is 2.47 bits per heavy atom. The van der Waals surface area contributed by atoms with Crippen molar-refractivity contribution in [3.05, 3.63) is 90.0 Å². The van der Waals surface area contributed by atoms with Gasteiger partial charge in [0.25, 0.3) is 15.9 Å². The molecule has 1 fully saturated rings. The number of ether oxygens (including phenoxy) is 1. The number of rotatable bonds is 9. The van der Waals surface area contributed by atoms with Crippen LogP contribution in [0.1, 0.15) is 28.8 Å². The molecular weight excluding hydrogens is 478 g/mol. The average molecular weight is 508 g/mol. The van der Waals surface area contributed by atoms with Crippen molar-refractivity contribution in [2.45, 2.75) is 30.8 Å². The summed E-state index contributed by atoms with van der Waals surface area (Å²) in [7, 11) is -4.02. The maximum atomic E-state index is 13.5. The summed E-state index contributed by atoms with van der Waals surface area (Å²) in [5.74, 6) is -0.913. The Kier molecular flexibility index (Phi) is 8.02. The molecule has 0 radical (unpaired) electrons. The molecule has 1 heterocycles. The van der Waals surface area contributed by atoms with Gasteiger partial charge in [-0.25, -0.2) is 8.42 Å². The third kappa shape index (κ3) is 6.10. The molecule has 4 rings (SSSR count). The zero-order chi connectivity index (χ0) is 25.5. The molecule has 2 amide bonds. The van der Waals surface area contributed by atoms with Gasteiger partial charge in [0, 0.05) is 13.2 Å². The van der Waals surface area contributed by atoms with E-state index in [2.05, 4.69) is 10.6 Å². The fourth-order valence-corrected chi connectivity index (χ4v) is 5.47. The monoisotopic (exact) mass is 507 g/mol. The van der Waals surface area contributed by atoms with Crippen LogP contribution in [0.3, 0.4) is 0 Å². The van der Waals surface area contributed by atoms with Gasteiger partial charge in [-0.1, -0.05) is 42.5 Å². The Morgan fingerprint density at radius 1 is 1.00 bits per heavy atom. The summed E-state index contributed by atoms with van der Waals surface area (Å²) in [5, 5.41) is 5.57. The lowest BCUT2D eigenvalue weighted by Crippen LogP contribution is -2.38. The number of amides is 2. The predicted octanol–water partition coefficient (Wildman–Crippen LogP) is 3.74. The second-order valence-corrected chi connectivity index (χ2v) is 10.5. The number of hydrogen-bond donors (Lipinski definition) is 2. The summed E-state index contributed by atoms with van der Waals surface area (Å²) < 4.78 is 33.6. The average Bonchev–Trinajstić information content (AvgIpc) is 3.40. The molecule has 9 heteroatoms. The lowest BCUT2D eigenvalue weighted by Gasteiger charge is -2.24. The number of nitrogens with one attached hydrogen (secondary N) is 2. The highest BCUT2D eigenvalue weighted by atomic mass is 32.2. The minimum atomic E-state index is -4.02. The van der Waals surface area contributed by atoms with Crippen LogP contribution >= 0.6 is 0 Å². The molecule has 36 heavy (non-hydrogen) atoms. The zero-order valence-corrected chi connectivity index (χ0v) is 20.8. The Bertz CT molecular complexity index is 1320. The summed E-state index contributed by atoms with van der Waals surface area (Å²) in [6.07, 6.45) is 1.85. The van der Waals surface area contributed by atoms with Crippen LogP contribution in [0.2, 0.25) is 0 Å². The summed E-state index contributed by atoms with van der Waals surface area (Å²) in [5.41, 5.74) is 1.82. The minimum absolute atomic E-state index is 0.0122. The van der Waals surface area contributed by atoms with E-state index in [0.717, 1.165) is 22.7 Å². The molecule has 0 bridgehead atoms. The number of hydrogen-bond acceptors (Lipinski definition) is 5. The molecule has 188 valence electrons. The summed E-state index contributed by atoms with van der Waals surface area (Å²) in [6.45, 7) is 2.46. The van der Waals surface area contributed by atoms with Gasteiger partial charge >= 0.3 is 0 Å². The molecule has 2 N–H and O–H groups in total. The van der Waals surface area contributed by atoms with E-state index in [1.165, 1.54) is 12.1 Å². The number of benzene rings is 3. The Hall–Kier alpha value is -3.69. The van der Waals surface area contributed by atoms with Gasteiger partial charge < -0.3 is 15.4 Å². The standard InChI is InChI=1S/C27H29N3O5S/c1-20-9-7-10-21(17-20)30(36(33,34)23-12-3-2-4-13-23)19-26(31)29-25-15-6-5-14-24(25)27(32)28-18-22-11-8-16-35-22/h2-7,9-10,12-15,17,22H,8,11,16,18-19H2,1H3,(H,28,32)(H,29,31)/t22-/m1/s1. The van der Waals surface area contributed by atoms with E-state index in [4.69, 9.17) is 4.74 Å². The number of para-hydroxylation sites is 1. The predicted molar refractivity (Wildman–Crippen MR) is 139 cm³/mol. The first-order valence-electron chi connectivity index (χ1n) is 11.8. The SMILES string of the molecule is Cc1cccc(N(CC(=O)Nc2ccccc2C(=O)NC[C@H]2CCCO2)S(=O)(=O)c2ccccc2)c1. The van der Waals surface area contributed by atoms with Gasteiger partial charge in [0.2, 0.25) is 5.91 Å². The van der Waals surface area contributed by atoms with Crippen LogP contribution < -0.4 is 14.9 Å². The van der Waals surface area contributed by atoms with E-state index in [1.54, 1.807) is 60.7 Å². The lowest BCUT2D eigenvalue weighted by molar-refractivity contribution is -0.114. The molecule has 1 aliphatic rings. The number of sulfonamides is 1. The molecule has 0 unspecified atom stereocenters. The third-order valence-corrected chi connectivity index (χ3v) is 7.66. The highest BCUT2D eigenvalue weighted by Gasteiger charge is 2.28. The van der Waals surface area contributed by atoms with E-state index in [0.29, 0.717) is 24.5 Å². The van der Waals surface area contributed by atoms with E-state index in [9.17, 15) is 18.0 Å². The normalized spacial score (nSPS) is 15.3. The van der Waals surface area contributed by atoms with Crippen LogP contribution in [0.15, 0.2) is 83.8 Å². The van der Waals surface area contributed by atoms with Crippen molar-refractivity contribution >= 4 is 33.2 Å². The number of nitrogens with zero attached hydrogens (tertiary/aromatic N) is 1. The lowest BCUT2D eigenvalue weighted by atomic mass is 10.1. The first-order chi connectivity index (χ1) is 17.3. The van der Waals surface area contributed by atoms with E-state index in [1.807, 2.05) is 13.0 Å². The Balaban J connectivity index is 1.54. The number of aryl methyl sites for hydroxylation is 1.